The number of urea groups is 1. The molecule has 0 radical (unpaired) electrons. The molecular weight excluding hydrogens is 420 g/mol. The Labute approximate surface area is 192 Å². The topological polar surface area (TPSA) is 101 Å². The van der Waals surface area contributed by atoms with Crippen LogP contribution in [0.25, 0.3) is 10.9 Å². The van der Waals surface area contributed by atoms with E-state index in [9.17, 15) is 4.79 Å². The summed E-state index contributed by atoms with van der Waals surface area (Å²) in [6.07, 6.45) is 3.64. The van der Waals surface area contributed by atoms with Crippen molar-refractivity contribution >= 4 is 34.4 Å². The molecule has 1 aromatic heterocycles. The zero-order valence-corrected chi connectivity index (χ0v) is 18.8. The molecule has 1 fully saturated rings. The quantitative estimate of drug-likeness (QED) is 0.543. The molecule has 5 rings (SSSR count). The fourth-order valence-corrected chi connectivity index (χ4v) is 4.36. The van der Waals surface area contributed by atoms with Crippen LogP contribution in [-0.2, 0) is 0 Å². The normalized spacial score (nSPS) is 19.2. The fourth-order valence-electron chi connectivity index (χ4n) is 4.36. The maximum Gasteiger partial charge on any atom is 0.319 e. The van der Waals surface area contributed by atoms with E-state index in [1.807, 2.05) is 43.3 Å². The summed E-state index contributed by atoms with van der Waals surface area (Å²) in [6, 6.07) is 13.6. The molecule has 9 heteroatoms. The minimum atomic E-state index is -0.209. The highest BCUT2D eigenvalue weighted by molar-refractivity contribution is 5.90. The highest BCUT2D eigenvalue weighted by Gasteiger charge is 2.24. The lowest BCUT2D eigenvalue weighted by Crippen LogP contribution is -2.42. The average molecular weight is 449 g/mol. The van der Waals surface area contributed by atoms with Crippen LogP contribution in [0.2, 0.25) is 0 Å². The van der Waals surface area contributed by atoms with E-state index in [2.05, 4.69) is 16.0 Å². The van der Waals surface area contributed by atoms with Gasteiger partial charge in [-0.3, -0.25) is 0 Å². The Morgan fingerprint density at radius 3 is 2.55 bits per heavy atom. The predicted molar refractivity (Wildman–Crippen MR) is 128 cm³/mol. The van der Waals surface area contributed by atoms with Crippen LogP contribution in [0.15, 0.2) is 42.5 Å². The number of hydrogen-bond acceptors (Lipinski definition) is 7. The summed E-state index contributed by atoms with van der Waals surface area (Å²) in [7, 11) is 3.98. The molecule has 3 aromatic rings. The van der Waals surface area contributed by atoms with E-state index in [-0.39, 0.29) is 24.9 Å². The van der Waals surface area contributed by atoms with Gasteiger partial charge in [0.05, 0.1) is 5.52 Å². The van der Waals surface area contributed by atoms with Crippen LogP contribution >= 0.6 is 0 Å². The lowest BCUT2D eigenvalue weighted by atomic mass is 9.91. The molecule has 2 aromatic carbocycles. The van der Waals surface area contributed by atoms with E-state index in [1.54, 1.807) is 18.2 Å². The molecule has 3 N–H and O–H groups in total. The molecule has 9 nitrogen and oxygen atoms in total. The van der Waals surface area contributed by atoms with E-state index < -0.39 is 0 Å². The van der Waals surface area contributed by atoms with Crippen molar-refractivity contribution in [2.75, 3.05) is 36.4 Å². The van der Waals surface area contributed by atoms with Crippen LogP contribution in [0, 0.1) is 0 Å². The van der Waals surface area contributed by atoms with E-state index in [1.165, 1.54) is 0 Å². The van der Waals surface area contributed by atoms with Gasteiger partial charge in [-0.1, -0.05) is 12.1 Å². The molecular formula is C24H28N6O3. The Bertz CT molecular complexity index is 1160. The van der Waals surface area contributed by atoms with Crippen LogP contribution in [-0.4, -0.2) is 49.0 Å². The standard InChI is InChI=1S/C24H28N6O3/c1-30(2)22-18-5-3-4-6-19(18)28-23(29-22)25-15-7-9-16(10-8-15)26-24(31)27-17-11-12-20-21(13-17)33-14-32-20/h3-6,11-13,15-16H,7-10,14H2,1-2H3,(H,25,28,29)(H2,26,27,31). The second kappa shape index (κ2) is 9.01. The molecule has 1 aliphatic carbocycles. The van der Waals surface area contributed by atoms with Crippen LogP contribution in [0.5, 0.6) is 11.5 Å². The highest BCUT2D eigenvalue weighted by atomic mass is 16.7. The summed E-state index contributed by atoms with van der Waals surface area (Å²) in [4.78, 5) is 23.9. The third kappa shape index (κ3) is 4.72. The molecule has 0 spiro atoms. The monoisotopic (exact) mass is 448 g/mol. The van der Waals surface area contributed by atoms with Crippen molar-refractivity contribution in [3.05, 3.63) is 42.5 Å². The van der Waals surface area contributed by atoms with Gasteiger partial charge in [0.15, 0.2) is 11.5 Å². The minimum absolute atomic E-state index is 0.131. The lowest BCUT2D eigenvalue weighted by molar-refractivity contribution is 0.174. The number of anilines is 3. The number of carbonyl (C=O) groups is 1. The average Bonchev–Trinajstić information content (AvgIpc) is 3.27. The second-order valence-electron chi connectivity index (χ2n) is 8.64. The Kier molecular flexibility index (Phi) is 5.77. The van der Waals surface area contributed by atoms with Gasteiger partial charge in [0.25, 0.3) is 0 Å². The Morgan fingerprint density at radius 1 is 0.970 bits per heavy atom. The van der Waals surface area contributed by atoms with Crippen molar-refractivity contribution in [2.45, 2.75) is 37.8 Å². The van der Waals surface area contributed by atoms with Gasteiger partial charge in [-0.2, -0.15) is 4.98 Å². The molecule has 0 atom stereocenters. The van der Waals surface area contributed by atoms with Gasteiger partial charge in [0, 0.05) is 43.3 Å². The molecule has 2 heterocycles. The first-order valence-electron chi connectivity index (χ1n) is 11.2. The summed E-state index contributed by atoms with van der Waals surface area (Å²) >= 11 is 0. The van der Waals surface area contributed by atoms with Crippen molar-refractivity contribution in [3.63, 3.8) is 0 Å². The smallest absolute Gasteiger partial charge is 0.319 e. The summed E-state index contributed by atoms with van der Waals surface area (Å²) in [5, 5.41) is 10.5. The number of carbonyl (C=O) groups excluding carboxylic acids is 1. The highest BCUT2D eigenvalue weighted by Crippen LogP contribution is 2.34. The lowest BCUT2D eigenvalue weighted by Gasteiger charge is -2.30. The largest absolute Gasteiger partial charge is 0.454 e. The van der Waals surface area contributed by atoms with Crippen molar-refractivity contribution < 1.29 is 14.3 Å². The van der Waals surface area contributed by atoms with Gasteiger partial charge >= 0.3 is 6.03 Å². The van der Waals surface area contributed by atoms with Gasteiger partial charge in [0.2, 0.25) is 12.7 Å². The van der Waals surface area contributed by atoms with Crippen molar-refractivity contribution in [1.29, 1.82) is 0 Å². The van der Waals surface area contributed by atoms with Crippen molar-refractivity contribution in [3.8, 4) is 11.5 Å². The van der Waals surface area contributed by atoms with E-state index in [0.29, 0.717) is 23.1 Å². The van der Waals surface area contributed by atoms with Gasteiger partial charge < -0.3 is 30.3 Å². The maximum atomic E-state index is 12.4. The zero-order chi connectivity index (χ0) is 22.8. The van der Waals surface area contributed by atoms with E-state index >= 15 is 0 Å². The predicted octanol–water partition coefficient (Wildman–Crippen LogP) is 3.97. The number of amides is 2. The summed E-state index contributed by atoms with van der Waals surface area (Å²) in [5.41, 5.74) is 1.60. The Morgan fingerprint density at radius 2 is 1.73 bits per heavy atom. The second-order valence-corrected chi connectivity index (χ2v) is 8.64. The molecule has 1 saturated carbocycles. The molecule has 172 valence electrons. The number of fused-ring (bicyclic) bond motifs is 2. The first kappa shape index (κ1) is 21.1. The fraction of sp³-hybridized carbons (Fsp3) is 0.375. The van der Waals surface area contributed by atoms with Crippen LogP contribution in [0.3, 0.4) is 0 Å². The maximum absolute atomic E-state index is 12.4. The number of rotatable bonds is 5. The number of nitrogens with one attached hydrogen (secondary N) is 3. The van der Waals surface area contributed by atoms with Gasteiger partial charge in [-0.15, -0.1) is 0 Å². The molecule has 2 aliphatic rings. The third-order valence-electron chi connectivity index (χ3n) is 6.03. The van der Waals surface area contributed by atoms with E-state index in [0.717, 1.165) is 42.4 Å². The Balaban J connectivity index is 1.15. The summed E-state index contributed by atoms with van der Waals surface area (Å²) < 4.78 is 10.7. The van der Waals surface area contributed by atoms with E-state index in [4.69, 9.17) is 19.4 Å². The summed E-state index contributed by atoms with van der Waals surface area (Å²) in [5.74, 6) is 2.89. The third-order valence-corrected chi connectivity index (χ3v) is 6.03. The molecule has 0 bridgehead atoms. The number of aromatic nitrogens is 2. The van der Waals surface area contributed by atoms with Crippen LogP contribution < -0.4 is 30.3 Å². The number of nitrogens with zero attached hydrogens (tertiary/aromatic N) is 3. The Hall–Kier alpha value is -3.75. The van der Waals surface area contributed by atoms with Gasteiger partial charge in [0.1, 0.15) is 5.82 Å². The molecule has 33 heavy (non-hydrogen) atoms. The first-order valence-corrected chi connectivity index (χ1v) is 11.2. The number of para-hydroxylation sites is 1. The molecule has 0 saturated heterocycles. The number of ether oxygens (including phenoxy) is 2. The van der Waals surface area contributed by atoms with Crippen molar-refractivity contribution in [2.24, 2.45) is 0 Å². The SMILES string of the molecule is CN(C)c1nc(NC2CCC(NC(=O)Nc3ccc4c(c3)OCO4)CC2)nc2ccccc12. The van der Waals surface area contributed by atoms with Gasteiger partial charge in [-0.05, 0) is 49.9 Å². The minimum Gasteiger partial charge on any atom is -0.454 e. The van der Waals surface area contributed by atoms with Crippen molar-refractivity contribution in [1.82, 2.24) is 15.3 Å². The zero-order valence-electron chi connectivity index (χ0n) is 18.8. The van der Waals surface area contributed by atoms with Crippen LogP contribution in [0.1, 0.15) is 25.7 Å². The first-order chi connectivity index (χ1) is 16.0. The number of benzene rings is 2. The van der Waals surface area contributed by atoms with Crippen LogP contribution in [0.4, 0.5) is 22.2 Å². The molecule has 0 unspecified atom stereocenters. The molecule has 2 amide bonds. The molecule has 1 aliphatic heterocycles. The number of hydrogen-bond donors (Lipinski definition) is 3. The van der Waals surface area contributed by atoms with Gasteiger partial charge in [-0.25, -0.2) is 9.78 Å². The summed E-state index contributed by atoms with van der Waals surface area (Å²) in [6.45, 7) is 0.211.